The summed E-state index contributed by atoms with van der Waals surface area (Å²) in [5.41, 5.74) is -0.590. The van der Waals surface area contributed by atoms with Gasteiger partial charge in [-0.3, -0.25) is 19.0 Å². The van der Waals surface area contributed by atoms with Crippen LogP contribution in [-0.2, 0) is 26.2 Å². The molecule has 0 atom stereocenters. The zero-order valence-electron chi connectivity index (χ0n) is 15.6. The number of para-hydroxylation sites is 1. The number of carbonyl (C=O) groups excluding carboxylic acids is 1. The van der Waals surface area contributed by atoms with Crippen molar-refractivity contribution in [1.29, 1.82) is 0 Å². The Balaban J connectivity index is 1.79. The van der Waals surface area contributed by atoms with E-state index in [1.54, 1.807) is 24.3 Å². The Hall–Kier alpha value is -3.28. The molecule has 1 aromatic heterocycles. The third kappa shape index (κ3) is 4.11. The van der Waals surface area contributed by atoms with Crippen LogP contribution in [-0.4, -0.2) is 42.5 Å². The first-order valence-corrected chi connectivity index (χ1v) is 9.83. The van der Waals surface area contributed by atoms with Gasteiger partial charge < -0.3 is 10.3 Å². The lowest BCUT2D eigenvalue weighted by atomic mass is 10.2. The van der Waals surface area contributed by atoms with Crippen molar-refractivity contribution < 1.29 is 18.0 Å². The molecule has 0 unspecified atom stereocenters. The Kier molecular flexibility index (Phi) is 5.64. The summed E-state index contributed by atoms with van der Waals surface area (Å²) >= 11 is 0. The maximum absolute atomic E-state index is 12.5. The van der Waals surface area contributed by atoms with Crippen molar-refractivity contribution >= 4 is 32.5 Å². The van der Waals surface area contributed by atoms with Gasteiger partial charge in [0.25, 0.3) is 15.6 Å². The maximum Gasteiger partial charge on any atom is 0.329 e. The van der Waals surface area contributed by atoms with E-state index < -0.39 is 33.7 Å². The van der Waals surface area contributed by atoms with Gasteiger partial charge in [0.15, 0.2) is 0 Å². The minimum atomic E-state index is -3.81. The van der Waals surface area contributed by atoms with Crippen LogP contribution < -0.4 is 16.6 Å². The zero-order chi connectivity index (χ0) is 21.2. The predicted molar refractivity (Wildman–Crippen MR) is 106 cm³/mol. The molecule has 1 amide bonds. The number of hydrogen-bond donors (Lipinski definition) is 2. The van der Waals surface area contributed by atoms with Gasteiger partial charge in [-0.25, -0.2) is 13.2 Å². The third-order valence-electron chi connectivity index (χ3n) is 4.22. The van der Waals surface area contributed by atoms with Gasteiger partial charge in [-0.05, 0) is 36.4 Å². The van der Waals surface area contributed by atoms with Crippen molar-refractivity contribution in [3.63, 3.8) is 0 Å². The second kappa shape index (κ2) is 7.99. The molecule has 1 heterocycles. The number of aromatic amines is 1. The number of sulfonamides is 1. The lowest BCUT2D eigenvalue weighted by molar-refractivity contribution is -0.116. The van der Waals surface area contributed by atoms with Crippen LogP contribution >= 0.6 is 0 Å². The van der Waals surface area contributed by atoms with Crippen LogP contribution in [0.4, 0.5) is 5.69 Å². The lowest BCUT2D eigenvalue weighted by Crippen LogP contribution is -2.38. The molecule has 10 nitrogen and oxygen atoms in total. The van der Waals surface area contributed by atoms with E-state index in [9.17, 15) is 22.8 Å². The van der Waals surface area contributed by atoms with E-state index in [1.165, 1.54) is 38.4 Å². The van der Waals surface area contributed by atoms with Crippen LogP contribution in [0, 0.1) is 0 Å². The van der Waals surface area contributed by atoms with Gasteiger partial charge in [0.2, 0.25) is 5.91 Å². The molecule has 0 aliphatic heterocycles. The minimum absolute atomic E-state index is 0.0259. The van der Waals surface area contributed by atoms with E-state index in [2.05, 4.69) is 10.3 Å². The second-order valence-electron chi connectivity index (χ2n) is 6.04. The molecule has 0 fully saturated rings. The van der Waals surface area contributed by atoms with Gasteiger partial charge in [0.05, 0.1) is 22.9 Å². The number of rotatable bonds is 6. The van der Waals surface area contributed by atoms with E-state index >= 15 is 0 Å². The first kappa shape index (κ1) is 20.5. The van der Waals surface area contributed by atoms with Gasteiger partial charge in [-0.1, -0.05) is 16.6 Å². The largest absolute Gasteiger partial charge is 0.329 e. The number of benzene rings is 2. The Morgan fingerprint density at radius 1 is 1.14 bits per heavy atom. The van der Waals surface area contributed by atoms with Crippen molar-refractivity contribution in [2.75, 3.05) is 19.5 Å². The van der Waals surface area contributed by atoms with Crippen LogP contribution in [0.1, 0.15) is 0 Å². The molecule has 29 heavy (non-hydrogen) atoms. The molecule has 3 aromatic rings. The van der Waals surface area contributed by atoms with Gasteiger partial charge in [0.1, 0.15) is 6.54 Å². The number of anilines is 1. The highest BCUT2D eigenvalue weighted by molar-refractivity contribution is 7.89. The molecule has 0 spiro atoms. The van der Waals surface area contributed by atoms with Crippen LogP contribution in [0.15, 0.2) is 63.0 Å². The monoisotopic (exact) mass is 418 g/mol. The number of nitrogens with zero attached hydrogens (tertiary/aromatic N) is 2. The van der Waals surface area contributed by atoms with E-state index in [0.717, 1.165) is 4.57 Å². The fraction of sp³-hybridized carbons (Fsp3) is 0.167. The van der Waals surface area contributed by atoms with Crippen molar-refractivity contribution in [1.82, 2.24) is 14.0 Å². The zero-order valence-corrected chi connectivity index (χ0v) is 16.4. The summed E-state index contributed by atoms with van der Waals surface area (Å²) in [7, 11) is -1.33. The highest BCUT2D eigenvalue weighted by atomic mass is 32.2. The molecule has 0 saturated heterocycles. The molecular formula is C18H18N4O6S. The SMILES string of the molecule is CON(C)S(=O)(=O)c1ccc(NC(=O)Cn2c(=O)[nH]c3ccccc3c2=O)cc1. The number of amides is 1. The molecule has 11 heteroatoms. The average molecular weight is 418 g/mol. The normalized spacial score (nSPS) is 11.7. The number of carbonyl (C=O) groups is 1. The molecule has 0 radical (unpaired) electrons. The molecule has 0 bridgehead atoms. The molecule has 152 valence electrons. The van der Waals surface area contributed by atoms with E-state index in [-0.39, 0.29) is 10.3 Å². The highest BCUT2D eigenvalue weighted by Gasteiger charge is 2.20. The predicted octanol–water partition coefficient (Wildman–Crippen LogP) is 0.510. The lowest BCUT2D eigenvalue weighted by Gasteiger charge is -2.14. The summed E-state index contributed by atoms with van der Waals surface area (Å²) in [4.78, 5) is 44.1. The number of hydrogen-bond acceptors (Lipinski definition) is 6. The molecule has 3 rings (SSSR count). The van der Waals surface area contributed by atoms with Gasteiger partial charge in [-0.2, -0.15) is 0 Å². The maximum atomic E-state index is 12.5. The molecule has 2 aromatic carbocycles. The van der Waals surface area contributed by atoms with Crippen molar-refractivity contribution in [3.8, 4) is 0 Å². The first-order chi connectivity index (χ1) is 13.7. The number of hydroxylamine groups is 1. The van der Waals surface area contributed by atoms with Crippen molar-refractivity contribution in [3.05, 3.63) is 69.4 Å². The second-order valence-corrected chi connectivity index (χ2v) is 7.97. The smallest absolute Gasteiger partial charge is 0.325 e. The minimum Gasteiger partial charge on any atom is -0.325 e. The Morgan fingerprint density at radius 2 is 1.79 bits per heavy atom. The molecule has 2 N–H and O–H groups in total. The summed E-state index contributed by atoms with van der Waals surface area (Å²) in [6.45, 7) is -0.495. The molecular weight excluding hydrogens is 400 g/mol. The standard InChI is InChI=1S/C18H18N4O6S/c1-21(28-2)29(26,27)13-9-7-12(8-10-13)19-16(23)11-22-17(24)14-5-3-4-6-15(14)20-18(22)25/h3-10H,11H2,1-2H3,(H,19,23)(H,20,25). The highest BCUT2D eigenvalue weighted by Crippen LogP contribution is 2.17. The van der Waals surface area contributed by atoms with Crippen LogP contribution in [0.5, 0.6) is 0 Å². The number of nitrogens with one attached hydrogen (secondary N) is 2. The molecule has 0 aliphatic rings. The van der Waals surface area contributed by atoms with Gasteiger partial charge >= 0.3 is 5.69 Å². The Labute approximate surface area is 165 Å². The van der Waals surface area contributed by atoms with Crippen LogP contribution in [0.25, 0.3) is 10.9 Å². The third-order valence-corrected chi connectivity index (χ3v) is 5.92. The van der Waals surface area contributed by atoms with E-state index in [0.29, 0.717) is 15.7 Å². The summed E-state index contributed by atoms with van der Waals surface area (Å²) in [5, 5.41) is 2.81. The van der Waals surface area contributed by atoms with Crippen LogP contribution in [0.3, 0.4) is 0 Å². The molecule has 0 saturated carbocycles. The van der Waals surface area contributed by atoms with Gasteiger partial charge in [0, 0.05) is 12.7 Å². The summed E-state index contributed by atoms with van der Waals surface area (Å²) < 4.78 is 25.8. The topological polar surface area (TPSA) is 131 Å². The summed E-state index contributed by atoms with van der Waals surface area (Å²) in [6.07, 6.45) is 0. The van der Waals surface area contributed by atoms with E-state index in [4.69, 9.17) is 4.84 Å². The molecule has 0 aliphatic carbocycles. The fourth-order valence-electron chi connectivity index (χ4n) is 2.64. The Morgan fingerprint density at radius 3 is 2.45 bits per heavy atom. The first-order valence-electron chi connectivity index (χ1n) is 8.39. The Bertz CT molecular complexity index is 1280. The quantitative estimate of drug-likeness (QED) is 0.561. The summed E-state index contributed by atoms with van der Waals surface area (Å²) in [6, 6.07) is 11.9. The number of H-pyrrole nitrogens is 1. The average Bonchev–Trinajstić information content (AvgIpc) is 2.70. The van der Waals surface area contributed by atoms with Crippen molar-refractivity contribution in [2.24, 2.45) is 0 Å². The van der Waals surface area contributed by atoms with Crippen LogP contribution in [0.2, 0.25) is 0 Å². The van der Waals surface area contributed by atoms with Crippen molar-refractivity contribution in [2.45, 2.75) is 11.4 Å². The van der Waals surface area contributed by atoms with Gasteiger partial charge in [-0.15, -0.1) is 0 Å². The van der Waals surface area contributed by atoms with E-state index in [1.807, 2.05) is 0 Å². The number of fused-ring (bicyclic) bond motifs is 1. The summed E-state index contributed by atoms with van der Waals surface area (Å²) in [5.74, 6) is -0.613. The number of aromatic nitrogens is 2. The fourth-order valence-corrected chi connectivity index (χ4v) is 3.62.